The predicted molar refractivity (Wildman–Crippen MR) is 68.1 cm³/mol. The fourth-order valence-corrected chi connectivity index (χ4v) is 2.40. The van der Waals surface area contributed by atoms with Crippen LogP contribution in [-0.4, -0.2) is 30.1 Å². The predicted octanol–water partition coefficient (Wildman–Crippen LogP) is 2.36. The van der Waals surface area contributed by atoms with Gasteiger partial charge < -0.3 is 0 Å². The van der Waals surface area contributed by atoms with E-state index in [4.69, 9.17) is 0 Å². The zero-order valence-corrected chi connectivity index (χ0v) is 10.3. The Morgan fingerprint density at radius 1 is 1.41 bits per heavy atom. The lowest BCUT2D eigenvalue weighted by atomic mass is 10.2. The van der Waals surface area contributed by atoms with E-state index < -0.39 is 0 Å². The molecular formula is C12H11FN2OS. The van der Waals surface area contributed by atoms with E-state index in [1.165, 1.54) is 22.7 Å². The molecule has 5 heteroatoms. The maximum absolute atomic E-state index is 13.4. The normalized spacial score (nSPS) is 20.6. The lowest BCUT2D eigenvalue weighted by Gasteiger charge is -2.05. The van der Waals surface area contributed by atoms with Gasteiger partial charge in [0.05, 0.1) is 4.91 Å². The zero-order valence-electron chi connectivity index (χ0n) is 9.48. The number of thioether (sulfide) groups is 1. The summed E-state index contributed by atoms with van der Waals surface area (Å²) in [4.78, 5) is 17.7. The number of likely N-dealkylation sites (N-methyl/N-ethyl adjacent to an activating group) is 1. The number of amidine groups is 1. The molecule has 0 spiro atoms. The number of carbonyl (C=O) groups excluding carboxylic acids is 1. The van der Waals surface area contributed by atoms with Crippen LogP contribution in [0.15, 0.2) is 34.2 Å². The third-order valence-electron chi connectivity index (χ3n) is 2.39. The highest BCUT2D eigenvalue weighted by Crippen LogP contribution is 2.31. The van der Waals surface area contributed by atoms with Crippen LogP contribution in [0.1, 0.15) is 5.56 Å². The van der Waals surface area contributed by atoms with Crippen molar-refractivity contribution in [1.29, 1.82) is 0 Å². The topological polar surface area (TPSA) is 32.7 Å². The molecule has 0 radical (unpaired) electrons. The van der Waals surface area contributed by atoms with E-state index >= 15 is 0 Å². The molecule has 1 aliphatic heterocycles. The molecule has 3 nitrogen and oxygen atoms in total. The van der Waals surface area contributed by atoms with Gasteiger partial charge in [-0.15, -0.1) is 0 Å². The molecule has 1 aliphatic rings. The average molecular weight is 250 g/mol. The van der Waals surface area contributed by atoms with Crippen LogP contribution in [0.2, 0.25) is 0 Å². The summed E-state index contributed by atoms with van der Waals surface area (Å²) in [5, 5.41) is 0.623. The Kier molecular flexibility index (Phi) is 3.28. The number of benzene rings is 1. The fraction of sp³-hybridized carbons (Fsp3) is 0.167. The molecule has 0 aliphatic carbocycles. The molecule has 2 rings (SSSR count). The Hall–Kier alpha value is -1.62. The molecule has 17 heavy (non-hydrogen) atoms. The molecule has 1 amide bonds. The summed E-state index contributed by atoms with van der Waals surface area (Å²) < 4.78 is 13.4. The molecule has 1 saturated heterocycles. The van der Waals surface area contributed by atoms with Gasteiger partial charge in [0.2, 0.25) is 0 Å². The molecule has 0 N–H and O–H groups in total. The summed E-state index contributed by atoms with van der Waals surface area (Å²) >= 11 is 1.25. The van der Waals surface area contributed by atoms with E-state index in [1.54, 1.807) is 38.4 Å². The lowest BCUT2D eigenvalue weighted by Crippen LogP contribution is -2.23. The van der Waals surface area contributed by atoms with Crippen molar-refractivity contribution >= 4 is 28.9 Å². The Labute approximate surface area is 103 Å². The largest absolute Gasteiger partial charge is 0.290 e. The third-order valence-corrected chi connectivity index (χ3v) is 3.54. The van der Waals surface area contributed by atoms with Crippen molar-refractivity contribution in [2.45, 2.75) is 0 Å². The Morgan fingerprint density at radius 3 is 2.71 bits per heavy atom. The first-order valence-electron chi connectivity index (χ1n) is 5.02. The van der Waals surface area contributed by atoms with Crippen molar-refractivity contribution in [3.8, 4) is 0 Å². The molecule has 0 unspecified atom stereocenters. The van der Waals surface area contributed by atoms with E-state index in [9.17, 15) is 9.18 Å². The molecule has 1 heterocycles. The number of aliphatic imine (C=N–C) groups is 1. The van der Waals surface area contributed by atoms with Crippen molar-refractivity contribution in [3.05, 3.63) is 40.6 Å². The lowest BCUT2D eigenvalue weighted by molar-refractivity contribution is -0.121. The minimum Gasteiger partial charge on any atom is -0.290 e. The van der Waals surface area contributed by atoms with Crippen LogP contribution in [-0.2, 0) is 4.79 Å². The Bertz CT molecular complexity index is 525. The number of halogens is 1. The molecule has 1 fully saturated rings. The highest BCUT2D eigenvalue weighted by molar-refractivity contribution is 8.18. The minimum absolute atomic E-state index is 0.154. The molecule has 1 aromatic carbocycles. The number of carbonyl (C=O) groups is 1. The van der Waals surface area contributed by atoms with Crippen LogP contribution in [0.5, 0.6) is 0 Å². The van der Waals surface area contributed by atoms with Gasteiger partial charge >= 0.3 is 0 Å². The molecule has 1 aromatic rings. The summed E-state index contributed by atoms with van der Waals surface area (Å²) in [5.74, 6) is -0.489. The first-order chi connectivity index (χ1) is 8.13. The minimum atomic E-state index is -0.335. The number of rotatable bonds is 1. The monoisotopic (exact) mass is 250 g/mol. The van der Waals surface area contributed by atoms with Crippen molar-refractivity contribution in [1.82, 2.24) is 4.90 Å². The first kappa shape index (κ1) is 11.9. The summed E-state index contributed by atoms with van der Waals surface area (Å²) in [7, 11) is 3.28. The van der Waals surface area contributed by atoms with Crippen LogP contribution < -0.4 is 0 Å². The number of amides is 1. The van der Waals surface area contributed by atoms with Gasteiger partial charge in [-0.2, -0.15) is 0 Å². The molecule has 0 aromatic heterocycles. The third kappa shape index (κ3) is 2.24. The molecule has 0 bridgehead atoms. The van der Waals surface area contributed by atoms with Crippen LogP contribution >= 0.6 is 11.8 Å². The van der Waals surface area contributed by atoms with Crippen molar-refractivity contribution in [3.63, 3.8) is 0 Å². The second-order valence-corrected chi connectivity index (χ2v) is 4.51. The van der Waals surface area contributed by atoms with Crippen LogP contribution in [0.4, 0.5) is 4.39 Å². The highest BCUT2D eigenvalue weighted by atomic mass is 32.2. The molecule has 0 saturated carbocycles. The van der Waals surface area contributed by atoms with Crippen LogP contribution in [0, 0.1) is 5.82 Å². The van der Waals surface area contributed by atoms with E-state index in [-0.39, 0.29) is 11.7 Å². The van der Waals surface area contributed by atoms with Gasteiger partial charge in [0.25, 0.3) is 5.91 Å². The zero-order chi connectivity index (χ0) is 12.4. The van der Waals surface area contributed by atoms with Gasteiger partial charge in [-0.3, -0.25) is 14.7 Å². The molecule has 0 atom stereocenters. The maximum atomic E-state index is 13.4. The Balaban J connectivity index is 2.37. The van der Waals surface area contributed by atoms with Gasteiger partial charge in [0, 0.05) is 19.7 Å². The van der Waals surface area contributed by atoms with Gasteiger partial charge in [-0.25, -0.2) is 4.39 Å². The van der Waals surface area contributed by atoms with Gasteiger partial charge in [-0.1, -0.05) is 18.2 Å². The summed E-state index contributed by atoms with van der Waals surface area (Å²) in [6.07, 6.45) is 1.55. The fourth-order valence-electron chi connectivity index (χ4n) is 1.48. The van der Waals surface area contributed by atoms with Gasteiger partial charge in [0.1, 0.15) is 5.82 Å². The number of hydrogen-bond acceptors (Lipinski definition) is 3. The quantitative estimate of drug-likeness (QED) is 0.717. The summed E-state index contributed by atoms with van der Waals surface area (Å²) in [6.45, 7) is 0. The highest BCUT2D eigenvalue weighted by Gasteiger charge is 2.29. The second kappa shape index (κ2) is 4.71. The van der Waals surface area contributed by atoms with Crippen molar-refractivity contribution in [2.24, 2.45) is 4.99 Å². The maximum Gasteiger partial charge on any atom is 0.266 e. The van der Waals surface area contributed by atoms with Crippen molar-refractivity contribution < 1.29 is 9.18 Å². The average Bonchev–Trinajstić information content (AvgIpc) is 2.60. The van der Waals surface area contributed by atoms with E-state index in [0.29, 0.717) is 15.6 Å². The van der Waals surface area contributed by atoms with Crippen molar-refractivity contribution in [2.75, 3.05) is 14.1 Å². The van der Waals surface area contributed by atoms with Crippen LogP contribution in [0.25, 0.3) is 6.08 Å². The van der Waals surface area contributed by atoms with Gasteiger partial charge in [-0.05, 0) is 23.9 Å². The smallest absolute Gasteiger partial charge is 0.266 e. The van der Waals surface area contributed by atoms with E-state index in [2.05, 4.69) is 4.99 Å². The molecular weight excluding hydrogens is 239 g/mol. The number of hydrogen-bond donors (Lipinski definition) is 0. The second-order valence-electron chi connectivity index (χ2n) is 3.50. The SMILES string of the molecule is CN=C1S/C(=C\c2ccccc2F)C(=O)N1C. The van der Waals surface area contributed by atoms with E-state index in [1.807, 2.05) is 0 Å². The standard InChI is InChI=1S/C12H11FN2OS/c1-14-12-15(2)11(16)10(17-12)7-8-5-3-4-6-9(8)13/h3-7H,1-2H3/b10-7-,14-12?. The van der Waals surface area contributed by atoms with Crippen LogP contribution in [0.3, 0.4) is 0 Å². The Morgan fingerprint density at radius 2 is 2.12 bits per heavy atom. The van der Waals surface area contributed by atoms with E-state index in [0.717, 1.165) is 0 Å². The van der Waals surface area contributed by atoms with Gasteiger partial charge in [0.15, 0.2) is 5.17 Å². The summed E-state index contributed by atoms with van der Waals surface area (Å²) in [5.41, 5.74) is 0.411. The number of nitrogens with zero attached hydrogens (tertiary/aromatic N) is 2. The molecule has 88 valence electrons. The first-order valence-corrected chi connectivity index (χ1v) is 5.84. The summed E-state index contributed by atoms with van der Waals surface area (Å²) in [6, 6.07) is 6.36.